The molecule has 102 valence electrons. The van der Waals surface area contributed by atoms with Gasteiger partial charge in [0.25, 0.3) is 0 Å². The van der Waals surface area contributed by atoms with Crippen molar-refractivity contribution in [3.8, 4) is 0 Å². The predicted octanol–water partition coefficient (Wildman–Crippen LogP) is 0.868. The molecule has 5 nitrogen and oxygen atoms in total. The van der Waals surface area contributed by atoms with Gasteiger partial charge in [-0.05, 0) is 25.5 Å². The maximum absolute atomic E-state index is 12.0. The summed E-state index contributed by atoms with van der Waals surface area (Å²) in [5, 5.41) is 2.35. The van der Waals surface area contributed by atoms with Crippen molar-refractivity contribution in [1.29, 1.82) is 0 Å². The molecule has 0 atom stereocenters. The number of Topliss-reactive ketones (excluding diaryl/α,β-unsaturated/α-hetero) is 1. The zero-order valence-corrected chi connectivity index (χ0v) is 11.2. The summed E-state index contributed by atoms with van der Waals surface area (Å²) in [6.07, 6.45) is 0.175. The number of aryl methyl sites for hydroxylation is 2. The Balaban J connectivity index is 2.53. The number of nitrogens with two attached hydrogens (primary N) is 1. The molecule has 0 saturated carbocycles. The SMILES string of the molecule is Cc1ccc(C)c(C(=O)CCC(=O)NCC(N)=O)c1. The van der Waals surface area contributed by atoms with E-state index in [-0.39, 0.29) is 31.1 Å². The van der Waals surface area contributed by atoms with Crippen LogP contribution in [0.15, 0.2) is 18.2 Å². The molecule has 0 aromatic heterocycles. The highest BCUT2D eigenvalue weighted by Crippen LogP contribution is 2.13. The first-order valence-electron chi connectivity index (χ1n) is 6.05. The molecule has 0 aliphatic rings. The van der Waals surface area contributed by atoms with E-state index in [1.807, 2.05) is 32.0 Å². The molecule has 1 aromatic carbocycles. The Morgan fingerprint density at radius 2 is 1.84 bits per heavy atom. The van der Waals surface area contributed by atoms with E-state index in [9.17, 15) is 14.4 Å². The van der Waals surface area contributed by atoms with E-state index >= 15 is 0 Å². The largest absolute Gasteiger partial charge is 0.368 e. The number of primary amides is 1. The normalized spacial score (nSPS) is 10.0. The summed E-state index contributed by atoms with van der Waals surface area (Å²) in [6, 6.07) is 5.64. The average molecular weight is 262 g/mol. The Bertz CT molecular complexity index is 509. The third-order valence-corrected chi connectivity index (χ3v) is 2.73. The molecule has 0 spiro atoms. The molecule has 0 aliphatic carbocycles. The van der Waals surface area contributed by atoms with Crippen LogP contribution in [-0.2, 0) is 9.59 Å². The Morgan fingerprint density at radius 3 is 2.47 bits per heavy atom. The highest BCUT2D eigenvalue weighted by atomic mass is 16.2. The van der Waals surface area contributed by atoms with E-state index in [0.29, 0.717) is 5.56 Å². The topological polar surface area (TPSA) is 89.3 Å². The minimum Gasteiger partial charge on any atom is -0.368 e. The van der Waals surface area contributed by atoms with Gasteiger partial charge in [0.15, 0.2) is 5.78 Å². The Kier molecular flexibility index (Phi) is 5.23. The fourth-order valence-corrected chi connectivity index (χ4v) is 1.67. The van der Waals surface area contributed by atoms with E-state index in [1.165, 1.54) is 0 Å². The van der Waals surface area contributed by atoms with Gasteiger partial charge in [0.1, 0.15) is 0 Å². The van der Waals surface area contributed by atoms with Crippen LogP contribution in [-0.4, -0.2) is 24.1 Å². The number of rotatable bonds is 6. The van der Waals surface area contributed by atoms with E-state index in [0.717, 1.165) is 11.1 Å². The molecule has 0 aliphatic heterocycles. The molecule has 0 saturated heterocycles. The number of hydrogen-bond donors (Lipinski definition) is 2. The van der Waals surface area contributed by atoms with E-state index < -0.39 is 5.91 Å². The molecule has 0 heterocycles. The van der Waals surface area contributed by atoms with Gasteiger partial charge >= 0.3 is 0 Å². The van der Waals surface area contributed by atoms with Crippen molar-refractivity contribution in [1.82, 2.24) is 5.32 Å². The lowest BCUT2D eigenvalue weighted by atomic mass is 9.99. The second kappa shape index (κ2) is 6.68. The fraction of sp³-hybridized carbons (Fsp3) is 0.357. The molecule has 5 heteroatoms. The molecule has 0 fully saturated rings. The van der Waals surface area contributed by atoms with Crippen molar-refractivity contribution in [2.45, 2.75) is 26.7 Å². The second-order valence-corrected chi connectivity index (χ2v) is 4.48. The minimum absolute atomic E-state index is 0.0551. The third kappa shape index (κ3) is 4.91. The molecule has 19 heavy (non-hydrogen) atoms. The summed E-state index contributed by atoms with van der Waals surface area (Å²) in [4.78, 5) is 33.8. The number of benzene rings is 1. The number of nitrogens with one attached hydrogen (secondary N) is 1. The number of carbonyl (C=O) groups is 3. The average Bonchev–Trinajstić information content (AvgIpc) is 2.36. The lowest BCUT2D eigenvalue weighted by molar-refractivity contribution is -0.124. The van der Waals surface area contributed by atoms with Gasteiger partial charge < -0.3 is 11.1 Å². The predicted molar refractivity (Wildman–Crippen MR) is 71.7 cm³/mol. The maximum Gasteiger partial charge on any atom is 0.236 e. The summed E-state index contributed by atoms with van der Waals surface area (Å²) < 4.78 is 0. The van der Waals surface area contributed by atoms with Crippen LogP contribution in [0.1, 0.15) is 34.3 Å². The minimum atomic E-state index is -0.603. The Labute approximate surface area is 112 Å². The smallest absolute Gasteiger partial charge is 0.236 e. The van der Waals surface area contributed by atoms with Crippen molar-refractivity contribution >= 4 is 17.6 Å². The standard InChI is InChI=1S/C14H18N2O3/c1-9-3-4-10(2)11(7-9)12(17)5-6-14(19)16-8-13(15)18/h3-4,7H,5-6,8H2,1-2H3,(H2,15,18)(H,16,19). The van der Waals surface area contributed by atoms with E-state index in [4.69, 9.17) is 5.73 Å². The molecule has 0 radical (unpaired) electrons. The monoisotopic (exact) mass is 262 g/mol. The van der Waals surface area contributed by atoms with Crippen molar-refractivity contribution in [3.05, 3.63) is 34.9 Å². The molecule has 3 N–H and O–H groups in total. The van der Waals surface area contributed by atoms with Gasteiger partial charge in [-0.25, -0.2) is 0 Å². The summed E-state index contributed by atoms with van der Waals surface area (Å²) >= 11 is 0. The molecule has 1 aromatic rings. The zero-order chi connectivity index (χ0) is 14.4. The summed E-state index contributed by atoms with van der Waals surface area (Å²) in [5.74, 6) is -1.03. The Morgan fingerprint density at radius 1 is 1.16 bits per heavy atom. The number of ketones is 1. The second-order valence-electron chi connectivity index (χ2n) is 4.48. The van der Waals surface area contributed by atoms with Crippen molar-refractivity contribution in [2.24, 2.45) is 5.73 Å². The quantitative estimate of drug-likeness (QED) is 0.745. The van der Waals surface area contributed by atoms with E-state index in [2.05, 4.69) is 5.32 Å². The third-order valence-electron chi connectivity index (χ3n) is 2.73. The molecular weight excluding hydrogens is 244 g/mol. The maximum atomic E-state index is 12.0. The highest BCUT2D eigenvalue weighted by Gasteiger charge is 2.12. The van der Waals surface area contributed by atoms with Crippen molar-refractivity contribution < 1.29 is 14.4 Å². The van der Waals surface area contributed by atoms with Crippen molar-refractivity contribution in [2.75, 3.05) is 6.54 Å². The van der Waals surface area contributed by atoms with Crippen LogP contribution < -0.4 is 11.1 Å². The molecule has 2 amide bonds. The van der Waals surface area contributed by atoms with Crippen LogP contribution in [0.2, 0.25) is 0 Å². The van der Waals surface area contributed by atoms with Gasteiger partial charge in [-0.2, -0.15) is 0 Å². The first-order valence-corrected chi connectivity index (χ1v) is 6.05. The summed E-state index contributed by atoms with van der Waals surface area (Å²) in [6.45, 7) is 3.58. The summed E-state index contributed by atoms with van der Waals surface area (Å²) in [7, 11) is 0. The van der Waals surface area contributed by atoms with Crippen LogP contribution in [0.4, 0.5) is 0 Å². The Hall–Kier alpha value is -2.17. The number of amides is 2. The van der Waals surface area contributed by atoms with Crippen molar-refractivity contribution in [3.63, 3.8) is 0 Å². The zero-order valence-electron chi connectivity index (χ0n) is 11.2. The van der Waals surface area contributed by atoms with Gasteiger partial charge in [0.2, 0.25) is 11.8 Å². The van der Waals surface area contributed by atoms with Crippen LogP contribution >= 0.6 is 0 Å². The van der Waals surface area contributed by atoms with Gasteiger partial charge in [0, 0.05) is 18.4 Å². The first-order chi connectivity index (χ1) is 8.90. The van der Waals surface area contributed by atoms with Gasteiger partial charge in [-0.15, -0.1) is 0 Å². The number of hydrogen-bond acceptors (Lipinski definition) is 3. The van der Waals surface area contributed by atoms with Gasteiger partial charge in [-0.3, -0.25) is 14.4 Å². The van der Waals surface area contributed by atoms with Crippen LogP contribution in [0.25, 0.3) is 0 Å². The lowest BCUT2D eigenvalue weighted by Gasteiger charge is -2.06. The highest BCUT2D eigenvalue weighted by molar-refractivity contribution is 5.99. The lowest BCUT2D eigenvalue weighted by Crippen LogP contribution is -2.33. The van der Waals surface area contributed by atoms with Crippen LogP contribution in [0.5, 0.6) is 0 Å². The first kappa shape index (κ1) is 14.9. The molecule has 1 rings (SSSR count). The van der Waals surface area contributed by atoms with Gasteiger partial charge in [0.05, 0.1) is 6.54 Å². The van der Waals surface area contributed by atoms with Crippen LogP contribution in [0, 0.1) is 13.8 Å². The summed E-state index contributed by atoms with van der Waals surface area (Å²) in [5.41, 5.74) is 7.45. The van der Waals surface area contributed by atoms with Crippen LogP contribution in [0.3, 0.4) is 0 Å². The van der Waals surface area contributed by atoms with Gasteiger partial charge in [-0.1, -0.05) is 17.7 Å². The fourth-order valence-electron chi connectivity index (χ4n) is 1.67. The van der Waals surface area contributed by atoms with E-state index in [1.54, 1.807) is 0 Å². The number of carbonyl (C=O) groups excluding carboxylic acids is 3. The molecule has 0 bridgehead atoms. The molecule has 0 unspecified atom stereocenters. The molecular formula is C14H18N2O3.